The van der Waals surface area contributed by atoms with Gasteiger partial charge in [0, 0.05) is 5.02 Å². The highest BCUT2D eigenvalue weighted by atomic mass is 35.5. The van der Waals surface area contributed by atoms with E-state index in [0.717, 1.165) is 23.1 Å². The Morgan fingerprint density at radius 3 is 2.30 bits per heavy atom. The van der Waals surface area contributed by atoms with Crippen molar-refractivity contribution in [3.05, 3.63) is 76.8 Å². The third-order valence-corrected chi connectivity index (χ3v) is 4.27. The Bertz CT molecular complexity index is 670. The van der Waals surface area contributed by atoms with Crippen LogP contribution in [0.15, 0.2) is 60.7 Å². The number of ketones is 1. The van der Waals surface area contributed by atoms with Gasteiger partial charge in [-0.05, 0) is 48.3 Å². The highest BCUT2D eigenvalue weighted by Gasteiger charge is 2.39. The molecule has 0 aromatic heterocycles. The number of halogens is 1. The second-order valence-electron chi connectivity index (χ2n) is 5.42. The van der Waals surface area contributed by atoms with Crippen molar-refractivity contribution >= 4 is 23.0 Å². The monoisotopic (exact) mass is 282 g/mol. The Morgan fingerprint density at radius 2 is 1.65 bits per heavy atom. The number of rotatable bonds is 2. The van der Waals surface area contributed by atoms with Crippen LogP contribution in [0, 0.1) is 0 Å². The van der Waals surface area contributed by atoms with Crippen molar-refractivity contribution in [3.8, 4) is 0 Å². The molecule has 0 amide bonds. The summed E-state index contributed by atoms with van der Waals surface area (Å²) in [5.74, 6) is 0.175. The van der Waals surface area contributed by atoms with Crippen molar-refractivity contribution in [2.75, 3.05) is 0 Å². The van der Waals surface area contributed by atoms with Crippen molar-refractivity contribution in [1.82, 2.24) is 0 Å². The Balaban J connectivity index is 1.94. The molecule has 20 heavy (non-hydrogen) atoms. The minimum absolute atomic E-state index is 0.175. The fourth-order valence-corrected chi connectivity index (χ4v) is 2.86. The second kappa shape index (κ2) is 4.92. The number of carbonyl (C=O) groups excluding carboxylic acids is 1. The van der Waals surface area contributed by atoms with Crippen LogP contribution in [0.5, 0.6) is 0 Å². The molecule has 2 aromatic rings. The van der Waals surface area contributed by atoms with E-state index in [9.17, 15) is 4.79 Å². The van der Waals surface area contributed by atoms with E-state index in [1.54, 1.807) is 6.08 Å². The predicted molar refractivity (Wildman–Crippen MR) is 82.8 cm³/mol. The Hall–Kier alpha value is -1.86. The normalized spacial score (nSPS) is 21.9. The summed E-state index contributed by atoms with van der Waals surface area (Å²) in [6.07, 6.45) is 2.51. The molecule has 0 N–H and O–H groups in total. The lowest BCUT2D eigenvalue weighted by Gasteiger charge is -2.23. The first-order valence-corrected chi connectivity index (χ1v) is 7.04. The van der Waals surface area contributed by atoms with Crippen LogP contribution >= 0.6 is 11.6 Å². The Labute approximate surface area is 123 Å². The molecular formula is C18H15ClO. The van der Waals surface area contributed by atoms with E-state index < -0.39 is 5.41 Å². The average molecular weight is 283 g/mol. The number of benzene rings is 2. The van der Waals surface area contributed by atoms with Gasteiger partial charge in [0.1, 0.15) is 0 Å². The molecule has 1 aliphatic rings. The molecule has 3 rings (SSSR count). The molecular weight excluding hydrogens is 268 g/mol. The fraction of sp³-hybridized carbons (Fsp3) is 0.167. The van der Waals surface area contributed by atoms with Gasteiger partial charge in [-0.25, -0.2) is 0 Å². The first-order valence-electron chi connectivity index (χ1n) is 6.66. The first-order chi connectivity index (χ1) is 9.59. The standard InChI is InChI=1S/C18H15ClO/c1-18(15-5-3-2-4-6-15)12-14(11-17(18)20)13-7-9-16(19)10-8-13/h2-11H,12H2,1H3. The molecule has 0 aliphatic heterocycles. The minimum atomic E-state index is -0.448. The molecule has 0 bridgehead atoms. The topological polar surface area (TPSA) is 17.1 Å². The number of hydrogen-bond acceptors (Lipinski definition) is 1. The van der Waals surface area contributed by atoms with Gasteiger partial charge >= 0.3 is 0 Å². The Kier molecular flexibility index (Phi) is 3.23. The first kappa shape index (κ1) is 13.1. The van der Waals surface area contributed by atoms with Gasteiger partial charge in [-0.15, -0.1) is 0 Å². The fourth-order valence-electron chi connectivity index (χ4n) is 2.74. The van der Waals surface area contributed by atoms with Crippen molar-refractivity contribution in [3.63, 3.8) is 0 Å². The summed E-state index contributed by atoms with van der Waals surface area (Å²) >= 11 is 5.91. The molecule has 1 aliphatic carbocycles. The van der Waals surface area contributed by atoms with Gasteiger partial charge in [-0.2, -0.15) is 0 Å². The summed E-state index contributed by atoms with van der Waals surface area (Å²) in [6, 6.07) is 17.6. The quantitative estimate of drug-likeness (QED) is 0.783. The number of allylic oxidation sites excluding steroid dienone is 2. The zero-order valence-electron chi connectivity index (χ0n) is 11.3. The summed E-state index contributed by atoms with van der Waals surface area (Å²) in [6.45, 7) is 2.02. The maximum absolute atomic E-state index is 12.4. The summed E-state index contributed by atoms with van der Waals surface area (Å²) < 4.78 is 0. The lowest BCUT2D eigenvalue weighted by molar-refractivity contribution is -0.118. The zero-order valence-corrected chi connectivity index (χ0v) is 12.0. The van der Waals surface area contributed by atoms with Gasteiger partial charge in [0.2, 0.25) is 0 Å². The molecule has 0 radical (unpaired) electrons. The van der Waals surface area contributed by atoms with Crippen LogP contribution in [-0.2, 0) is 10.2 Å². The molecule has 100 valence electrons. The zero-order chi connectivity index (χ0) is 14.2. The molecule has 1 nitrogen and oxygen atoms in total. The van der Waals surface area contributed by atoms with Crippen LogP contribution in [0.25, 0.3) is 5.57 Å². The molecule has 0 heterocycles. The number of carbonyl (C=O) groups is 1. The Morgan fingerprint density at radius 1 is 1.00 bits per heavy atom. The van der Waals surface area contributed by atoms with E-state index >= 15 is 0 Å². The van der Waals surface area contributed by atoms with Gasteiger partial charge in [-0.3, -0.25) is 4.79 Å². The second-order valence-corrected chi connectivity index (χ2v) is 5.85. The van der Waals surface area contributed by atoms with E-state index in [1.165, 1.54) is 0 Å². The highest BCUT2D eigenvalue weighted by Crippen LogP contribution is 2.41. The maximum atomic E-state index is 12.4. The predicted octanol–water partition coefficient (Wildman–Crippen LogP) is 4.65. The van der Waals surface area contributed by atoms with Crippen LogP contribution in [0.2, 0.25) is 5.02 Å². The molecule has 0 spiro atoms. The van der Waals surface area contributed by atoms with E-state index in [1.807, 2.05) is 61.5 Å². The minimum Gasteiger partial charge on any atom is -0.294 e. The lowest BCUT2D eigenvalue weighted by Crippen LogP contribution is -2.27. The van der Waals surface area contributed by atoms with Gasteiger partial charge in [0.05, 0.1) is 5.41 Å². The van der Waals surface area contributed by atoms with E-state index in [4.69, 9.17) is 11.6 Å². The van der Waals surface area contributed by atoms with Crippen LogP contribution < -0.4 is 0 Å². The van der Waals surface area contributed by atoms with Gasteiger partial charge in [-0.1, -0.05) is 54.1 Å². The SMILES string of the molecule is CC1(c2ccccc2)CC(c2ccc(Cl)cc2)=CC1=O. The van der Waals surface area contributed by atoms with Crippen LogP contribution in [0.1, 0.15) is 24.5 Å². The van der Waals surface area contributed by atoms with E-state index in [0.29, 0.717) is 5.02 Å². The van der Waals surface area contributed by atoms with Crippen molar-refractivity contribution in [2.45, 2.75) is 18.8 Å². The van der Waals surface area contributed by atoms with Crippen molar-refractivity contribution in [2.24, 2.45) is 0 Å². The van der Waals surface area contributed by atoms with Gasteiger partial charge in [0.25, 0.3) is 0 Å². The van der Waals surface area contributed by atoms with Gasteiger partial charge < -0.3 is 0 Å². The average Bonchev–Trinajstić information content (AvgIpc) is 2.78. The summed E-state index contributed by atoms with van der Waals surface area (Å²) in [5.41, 5.74) is 2.78. The van der Waals surface area contributed by atoms with Crippen LogP contribution in [-0.4, -0.2) is 5.78 Å². The van der Waals surface area contributed by atoms with Crippen LogP contribution in [0.4, 0.5) is 0 Å². The van der Waals surface area contributed by atoms with Crippen LogP contribution in [0.3, 0.4) is 0 Å². The summed E-state index contributed by atoms with van der Waals surface area (Å²) in [5, 5.41) is 0.712. The summed E-state index contributed by atoms with van der Waals surface area (Å²) in [4.78, 5) is 12.4. The van der Waals surface area contributed by atoms with E-state index in [2.05, 4.69) is 0 Å². The molecule has 2 heteroatoms. The van der Waals surface area contributed by atoms with Crippen molar-refractivity contribution in [1.29, 1.82) is 0 Å². The summed E-state index contributed by atoms with van der Waals surface area (Å²) in [7, 11) is 0. The maximum Gasteiger partial charge on any atom is 0.166 e. The largest absolute Gasteiger partial charge is 0.294 e. The molecule has 0 saturated heterocycles. The molecule has 0 saturated carbocycles. The number of hydrogen-bond donors (Lipinski definition) is 0. The van der Waals surface area contributed by atoms with E-state index in [-0.39, 0.29) is 5.78 Å². The molecule has 1 atom stereocenters. The third-order valence-electron chi connectivity index (χ3n) is 4.02. The molecule has 0 fully saturated rings. The van der Waals surface area contributed by atoms with Crippen molar-refractivity contribution < 1.29 is 4.79 Å². The smallest absolute Gasteiger partial charge is 0.166 e. The molecule has 1 unspecified atom stereocenters. The third kappa shape index (κ3) is 2.19. The lowest BCUT2D eigenvalue weighted by atomic mass is 9.78. The van der Waals surface area contributed by atoms with Gasteiger partial charge in [0.15, 0.2) is 5.78 Å². The highest BCUT2D eigenvalue weighted by molar-refractivity contribution is 6.30. The molecule has 2 aromatic carbocycles.